The Bertz CT molecular complexity index is 1690. The summed E-state index contributed by atoms with van der Waals surface area (Å²) in [5, 5.41) is 13.9. The van der Waals surface area contributed by atoms with Crippen LogP contribution in [-0.4, -0.2) is 28.7 Å². The van der Waals surface area contributed by atoms with E-state index in [1.807, 2.05) is 6.08 Å². The molecule has 7 rings (SSSR count). The molecule has 9 heteroatoms. The lowest BCUT2D eigenvalue weighted by Crippen LogP contribution is -2.53. The van der Waals surface area contributed by atoms with Gasteiger partial charge in [0.15, 0.2) is 11.6 Å². The molecule has 0 aromatic heterocycles. The van der Waals surface area contributed by atoms with Crippen LogP contribution in [0.2, 0.25) is 5.02 Å². The lowest BCUT2D eigenvalue weighted by atomic mass is 9.49. The number of aromatic hydroxyl groups is 1. The Morgan fingerprint density at radius 1 is 0.927 bits per heavy atom. The number of allylic oxidation sites excluding steroid dienone is 2. The van der Waals surface area contributed by atoms with Crippen LogP contribution in [0.4, 0.5) is 10.1 Å². The van der Waals surface area contributed by atoms with E-state index in [9.17, 15) is 28.7 Å². The van der Waals surface area contributed by atoms with Gasteiger partial charge >= 0.3 is 0 Å². The quantitative estimate of drug-likeness (QED) is 0.353. The molecule has 2 aliphatic heterocycles. The van der Waals surface area contributed by atoms with Crippen molar-refractivity contribution in [3.63, 3.8) is 0 Å². The van der Waals surface area contributed by atoms with E-state index in [1.54, 1.807) is 54.6 Å². The summed E-state index contributed by atoms with van der Waals surface area (Å²) in [7, 11) is 0. The first kappa shape index (κ1) is 25.7. The number of halogens is 2. The molecule has 0 radical (unpaired) electrons. The number of anilines is 1. The molecule has 2 aliphatic carbocycles. The largest absolute Gasteiger partial charge is 0.505 e. The van der Waals surface area contributed by atoms with Crippen molar-refractivity contribution in [1.82, 2.24) is 5.32 Å². The number of phenols is 1. The number of amides is 4. The first-order valence-corrected chi connectivity index (χ1v) is 13.8. The van der Waals surface area contributed by atoms with E-state index in [4.69, 9.17) is 11.6 Å². The van der Waals surface area contributed by atoms with Gasteiger partial charge in [-0.05, 0) is 48.6 Å². The number of hydrogen-bond donors (Lipinski definition) is 2. The number of carbonyl (C=O) groups excluding carboxylic acids is 4. The number of rotatable bonds is 3. The number of hydrogen-bond acceptors (Lipinski definition) is 5. The molecule has 6 atom stereocenters. The molecule has 6 unspecified atom stereocenters. The van der Waals surface area contributed by atoms with E-state index in [2.05, 4.69) is 5.32 Å². The summed E-state index contributed by atoms with van der Waals surface area (Å²) < 4.78 is 15.0. The Labute approximate surface area is 239 Å². The highest BCUT2D eigenvalue weighted by Gasteiger charge is 2.70. The molecule has 0 bridgehead atoms. The van der Waals surface area contributed by atoms with Gasteiger partial charge in [0.25, 0.3) is 0 Å². The molecule has 3 fully saturated rings. The first-order valence-electron chi connectivity index (χ1n) is 13.5. The second-order valence-corrected chi connectivity index (χ2v) is 11.6. The molecule has 2 heterocycles. The van der Waals surface area contributed by atoms with Gasteiger partial charge in [-0.3, -0.25) is 24.5 Å². The molecular formula is C32H24ClFN2O5. The van der Waals surface area contributed by atoms with Crippen molar-refractivity contribution in [2.45, 2.75) is 24.2 Å². The van der Waals surface area contributed by atoms with Gasteiger partial charge in [-0.1, -0.05) is 71.8 Å². The summed E-state index contributed by atoms with van der Waals surface area (Å²) in [4.78, 5) is 56.2. The highest BCUT2D eigenvalue weighted by atomic mass is 35.5. The molecule has 3 aromatic rings. The standard InChI is InChI=1S/C32H24ClFN2O5/c33-17-8-4-9-18(14-17)36-30(40)23-15-22-19(12-13-20-25(22)29(39)35-28(20)38)26(21-10-5-11-24(34)27(21)37)32(23,31(36)41)16-6-2-1-3-7-16/h1-12,14,20,22-23,25-26,37H,13,15H2,(H,35,38,39). The Morgan fingerprint density at radius 3 is 2.44 bits per heavy atom. The Kier molecular flexibility index (Phi) is 5.70. The maximum atomic E-state index is 15.0. The average molecular weight is 571 g/mol. The van der Waals surface area contributed by atoms with Crippen molar-refractivity contribution >= 4 is 40.9 Å². The fourth-order valence-electron chi connectivity index (χ4n) is 7.76. The van der Waals surface area contributed by atoms with Crippen LogP contribution in [0.25, 0.3) is 0 Å². The van der Waals surface area contributed by atoms with Crippen LogP contribution in [0.15, 0.2) is 84.4 Å². The monoisotopic (exact) mass is 570 g/mol. The highest BCUT2D eigenvalue weighted by Crippen LogP contribution is 2.64. The Morgan fingerprint density at radius 2 is 1.68 bits per heavy atom. The maximum Gasteiger partial charge on any atom is 0.246 e. The minimum absolute atomic E-state index is 0.122. The number of nitrogens with zero attached hydrogens (tertiary/aromatic N) is 1. The smallest absolute Gasteiger partial charge is 0.246 e. The summed E-state index contributed by atoms with van der Waals surface area (Å²) in [6.45, 7) is 0. The Balaban J connectivity index is 1.54. The second-order valence-electron chi connectivity index (χ2n) is 11.1. The highest BCUT2D eigenvalue weighted by molar-refractivity contribution is 6.32. The lowest BCUT2D eigenvalue weighted by Gasteiger charge is -2.50. The topological polar surface area (TPSA) is 104 Å². The third-order valence-electron chi connectivity index (χ3n) is 9.34. The molecule has 41 heavy (non-hydrogen) atoms. The van der Waals surface area contributed by atoms with E-state index < -0.39 is 64.3 Å². The van der Waals surface area contributed by atoms with E-state index in [0.29, 0.717) is 21.8 Å². The summed E-state index contributed by atoms with van der Waals surface area (Å²) in [6.07, 6.45) is 2.22. The summed E-state index contributed by atoms with van der Waals surface area (Å²) in [5.74, 6) is -7.16. The van der Waals surface area contributed by atoms with Crippen molar-refractivity contribution in [3.8, 4) is 5.75 Å². The van der Waals surface area contributed by atoms with Crippen molar-refractivity contribution in [2.24, 2.45) is 23.7 Å². The fourth-order valence-corrected chi connectivity index (χ4v) is 7.95. The van der Waals surface area contributed by atoms with Crippen LogP contribution in [0.1, 0.15) is 29.9 Å². The van der Waals surface area contributed by atoms with Crippen molar-refractivity contribution in [1.29, 1.82) is 0 Å². The minimum atomic E-state index is -1.57. The molecule has 3 aromatic carbocycles. The summed E-state index contributed by atoms with van der Waals surface area (Å²) in [6, 6.07) is 19.4. The SMILES string of the molecule is O=C1NC(=O)C2C1CC=C1C2CC2C(=O)N(c3cccc(Cl)c3)C(=O)C2(c2ccccc2)C1c1cccc(F)c1O. The Hall–Kier alpha value is -4.30. The van der Waals surface area contributed by atoms with Gasteiger partial charge in [0.2, 0.25) is 23.6 Å². The number of imide groups is 2. The molecular weight excluding hydrogens is 547 g/mol. The summed E-state index contributed by atoms with van der Waals surface area (Å²) in [5.41, 5.74) is 0.0523. The van der Waals surface area contributed by atoms with Crippen molar-refractivity contribution in [2.75, 3.05) is 4.90 Å². The number of phenolic OH excluding ortho intramolecular Hbond substituents is 1. The first-order chi connectivity index (χ1) is 19.7. The van der Waals surface area contributed by atoms with Crippen LogP contribution in [0.3, 0.4) is 0 Å². The number of nitrogens with one attached hydrogen (secondary N) is 1. The van der Waals surface area contributed by atoms with E-state index in [-0.39, 0.29) is 24.3 Å². The lowest BCUT2D eigenvalue weighted by molar-refractivity contribution is -0.128. The molecule has 1 saturated carbocycles. The van der Waals surface area contributed by atoms with E-state index in [1.165, 1.54) is 12.1 Å². The van der Waals surface area contributed by atoms with Crippen LogP contribution in [0, 0.1) is 29.5 Å². The third-order valence-corrected chi connectivity index (χ3v) is 9.57. The molecule has 4 amide bonds. The number of carbonyl (C=O) groups is 4. The number of benzene rings is 3. The molecule has 0 spiro atoms. The second kappa shape index (κ2) is 9.11. The minimum Gasteiger partial charge on any atom is -0.505 e. The fraction of sp³-hybridized carbons (Fsp3) is 0.250. The van der Waals surface area contributed by atoms with Gasteiger partial charge in [0.05, 0.1) is 28.9 Å². The predicted molar refractivity (Wildman–Crippen MR) is 147 cm³/mol. The zero-order valence-electron chi connectivity index (χ0n) is 21.6. The van der Waals surface area contributed by atoms with Crippen LogP contribution >= 0.6 is 11.6 Å². The number of para-hydroxylation sites is 1. The molecule has 4 aliphatic rings. The predicted octanol–water partition coefficient (Wildman–Crippen LogP) is 4.63. The maximum absolute atomic E-state index is 15.0. The van der Waals surface area contributed by atoms with Gasteiger partial charge in [-0.2, -0.15) is 0 Å². The molecule has 206 valence electrons. The van der Waals surface area contributed by atoms with Crippen molar-refractivity contribution < 1.29 is 28.7 Å². The van der Waals surface area contributed by atoms with Gasteiger partial charge in [0, 0.05) is 16.5 Å². The zero-order valence-corrected chi connectivity index (χ0v) is 22.3. The van der Waals surface area contributed by atoms with Gasteiger partial charge in [-0.25, -0.2) is 9.29 Å². The normalized spacial score (nSPS) is 30.4. The van der Waals surface area contributed by atoms with E-state index in [0.717, 1.165) is 11.0 Å². The van der Waals surface area contributed by atoms with Crippen LogP contribution in [0.5, 0.6) is 5.75 Å². The molecule has 7 nitrogen and oxygen atoms in total. The third kappa shape index (κ3) is 3.43. The van der Waals surface area contributed by atoms with Crippen LogP contribution < -0.4 is 10.2 Å². The molecule has 2 saturated heterocycles. The van der Waals surface area contributed by atoms with Gasteiger partial charge in [0.1, 0.15) is 0 Å². The zero-order chi connectivity index (χ0) is 28.6. The van der Waals surface area contributed by atoms with Crippen molar-refractivity contribution in [3.05, 3.63) is 106 Å². The molecule has 2 N–H and O–H groups in total. The van der Waals surface area contributed by atoms with Gasteiger partial charge < -0.3 is 5.11 Å². The number of fused-ring (bicyclic) bond motifs is 4. The summed E-state index contributed by atoms with van der Waals surface area (Å²) >= 11 is 6.27. The average Bonchev–Trinajstić information content (AvgIpc) is 3.38. The van der Waals surface area contributed by atoms with Gasteiger partial charge in [-0.15, -0.1) is 0 Å². The van der Waals surface area contributed by atoms with Crippen LogP contribution in [-0.2, 0) is 24.6 Å². The van der Waals surface area contributed by atoms with E-state index >= 15 is 0 Å².